The van der Waals surface area contributed by atoms with E-state index in [2.05, 4.69) is 16.2 Å². The van der Waals surface area contributed by atoms with E-state index in [1.54, 1.807) is 45.0 Å². The summed E-state index contributed by atoms with van der Waals surface area (Å²) in [7, 11) is 1.53. The van der Waals surface area contributed by atoms with Crippen LogP contribution in [0.2, 0.25) is 0 Å². The maximum Gasteiger partial charge on any atom is 0.306 e. The number of hydrogen-bond acceptors (Lipinski definition) is 7. The number of rotatable bonds is 14. The van der Waals surface area contributed by atoms with Gasteiger partial charge in [0.15, 0.2) is 12.4 Å². The van der Waals surface area contributed by atoms with Gasteiger partial charge in [-0.1, -0.05) is 56.3 Å². The summed E-state index contributed by atoms with van der Waals surface area (Å²) in [6.45, 7) is 5.05. The number of carbonyl (C=O) groups is 4. The fraction of sp³-hybridized carbons (Fsp3) is 0.429. The van der Waals surface area contributed by atoms with Crippen molar-refractivity contribution in [2.24, 2.45) is 5.92 Å². The van der Waals surface area contributed by atoms with Crippen LogP contribution in [0, 0.1) is 5.92 Å². The monoisotopic (exact) mass is 581 g/mol. The lowest BCUT2D eigenvalue weighted by molar-refractivity contribution is -0.148. The molecule has 0 aliphatic carbocycles. The first kappa shape index (κ1) is 33.9. The van der Waals surface area contributed by atoms with E-state index >= 15 is 0 Å². The summed E-state index contributed by atoms with van der Waals surface area (Å²) < 4.78 is 10.6. The molecule has 0 aliphatic heterocycles. The van der Waals surface area contributed by atoms with E-state index in [1.807, 2.05) is 30.3 Å². The number of alkyl halides is 2. The highest BCUT2D eigenvalue weighted by Gasteiger charge is 2.22. The van der Waals surface area contributed by atoms with Crippen molar-refractivity contribution in [1.29, 1.82) is 0 Å². The van der Waals surface area contributed by atoms with E-state index in [9.17, 15) is 19.2 Å². The average molecular weight is 583 g/mol. The molecular weight excluding hydrogens is 545 g/mol. The number of ether oxygens (including phenoxy) is 2. The summed E-state index contributed by atoms with van der Waals surface area (Å²) in [4.78, 5) is 47.9. The fourth-order valence-electron chi connectivity index (χ4n) is 3.09. The predicted molar refractivity (Wildman–Crippen MR) is 151 cm³/mol. The van der Waals surface area contributed by atoms with Crippen LogP contribution < -0.4 is 20.9 Å². The number of halogens is 2. The van der Waals surface area contributed by atoms with Crippen LogP contribution in [0.25, 0.3) is 0 Å². The smallest absolute Gasteiger partial charge is 0.306 e. The van der Waals surface area contributed by atoms with Gasteiger partial charge in [-0.25, -0.2) is 5.43 Å². The third kappa shape index (κ3) is 15.1. The maximum atomic E-state index is 12.5. The molecule has 0 spiro atoms. The first-order chi connectivity index (χ1) is 18.5. The molecule has 0 aromatic heterocycles. The standard InChI is InChI=1S/C26H33N3O6.C2H4Cl2/c1-4-23(30)22(15-19-8-6-5-7-9-19)28-29-26(33)18(2)14-25(32)35-16-20-10-12-21(13-11-20)34-17-24(31)27-3;1-2(3)4/h5-13,18,22,28H,4,14-17H2,1-3H3,(H,27,31)(H,29,33);2H,1H3/t18?,22-;/m0./s1. The number of amides is 2. The van der Waals surface area contributed by atoms with Crippen LogP contribution in [0.15, 0.2) is 54.6 Å². The van der Waals surface area contributed by atoms with Crippen molar-refractivity contribution >= 4 is 46.8 Å². The van der Waals surface area contributed by atoms with Crippen LogP contribution in [0.3, 0.4) is 0 Å². The van der Waals surface area contributed by atoms with Gasteiger partial charge in [0.25, 0.3) is 5.91 Å². The molecule has 39 heavy (non-hydrogen) atoms. The molecule has 0 radical (unpaired) electrons. The van der Waals surface area contributed by atoms with E-state index in [4.69, 9.17) is 32.7 Å². The third-order valence-corrected chi connectivity index (χ3v) is 5.28. The summed E-state index contributed by atoms with van der Waals surface area (Å²) in [6, 6.07) is 15.8. The minimum atomic E-state index is -0.649. The Bertz CT molecular complexity index is 1030. The first-order valence-electron chi connectivity index (χ1n) is 12.5. The molecule has 3 N–H and O–H groups in total. The second-order valence-electron chi connectivity index (χ2n) is 8.59. The zero-order chi connectivity index (χ0) is 29.2. The Morgan fingerprint density at radius 2 is 1.54 bits per heavy atom. The number of esters is 1. The molecule has 2 rings (SSSR count). The van der Waals surface area contributed by atoms with E-state index in [0.29, 0.717) is 18.6 Å². The van der Waals surface area contributed by atoms with E-state index in [0.717, 1.165) is 11.1 Å². The van der Waals surface area contributed by atoms with E-state index in [-0.39, 0.29) is 36.2 Å². The Morgan fingerprint density at radius 3 is 2.10 bits per heavy atom. The highest BCUT2D eigenvalue weighted by atomic mass is 35.5. The van der Waals surface area contributed by atoms with Gasteiger partial charge in [0.1, 0.15) is 17.2 Å². The molecule has 2 amide bonds. The largest absolute Gasteiger partial charge is 0.484 e. The third-order valence-electron chi connectivity index (χ3n) is 5.28. The molecule has 0 saturated heterocycles. The van der Waals surface area contributed by atoms with Crippen molar-refractivity contribution in [2.75, 3.05) is 13.7 Å². The Hall–Kier alpha value is -3.14. The highest BCUT2D eigenvalue weighted by Crippen LogP contribution is 2.14. The van der Waals surface area contributed by atoms with Crippen LogP contribution in [-0.4, -0.2) is 48.1 Å². The second kappa shape index (κ2) is 19.0. The van der Waals surface area contributed by atoms with Gasteiger partial charge in [-0.15, -0.1) is 23.2 Å². The second-order valence-corrected chi connectivity index (χ2v) is 10.1. The quantitative estimate of drug-likeness (QED) is 0.175. The SMILES string of the molecule is CC(Cl)Cl.CCC(=O)[C@H](Cc1ccccc1)NNC(=O)C(C)CC(=O)OCc1ccc(OCC(=O)NC)cc1. The average Bonchev–Trinajstić information content (AvgIpc) is 2.92. The minimum Gasteiger partial charge on any atom is -0.484 e. The molecule has 0 aliphatic rings. The lowest BCUT2D eigenvalue weighted by Gasteiger charge is -2.19. The number of hydrazine groups is 1. The number of benzene rings is 2. The molecule has 2 aromatic rings. The van der Waals surface area contributed by atoms with Crippen LogP contribution in [-0.2, 0) is 36.9 Å². The van der Waals surface area contributed by atoms with Crippen LogP contribution in [0.4, 0.5) is 0 Å². The highest BCUT2D eigenvalue weighted by molar-refractivity contribution is 6.43. The lowest BCUT2D eigenvalue weighted by atomic mass is 10.0. The Morgan fingerprint density at radius 1 is 0.923 bits per heavy atom. The van der Waals surface area contributed by atoms with Crippen molar-refractivity contribution in [3.05, 3.63) is 65.7 Å². The number of likely N-dealkylation sites (N-methyl/N-ethyl adjacent to an activating group) is 1. The zero-order valence-corrected chi connectivity index (χ0v) is 24.2. The molecule has 11 heteroatoms. The molecule has 2 atom stereocenters. The molecule has 0 bridgehead atoms. The number of ketones is 1. The molecule has 0 saturated carbocycles. The van der Waals surface area contributed by atoms with Gasteiger partial charge in [-0.3, -0.25) is 24.6 Å². The van der Waals surface area contributed by atoms with Gasteiger partial charge in [0.05, 0.1) is 12.5 Å². The first-order valence-corrected chi connectivity index (χ1v) is 13.4. The summed E-state index contributed by atoms with van der Waals surface area (Å²) in [5.74, 6) is -1.30. The lowest BCUT2D eigenvalue weighted by Crippen LogP contribution is -2.50. The van der Waals surface area contributed by atoms with Crippen molar-refractivity contribution in [2.45, 2.75) is 57.5 Å². The number of nitrogens with one attached hydrogen (secondary N) is 3. The Kier molecular flexibility index (Phi) is 16.5. The number of hydrogen-bond donors (Lipinski definition) is 3. The molecule has 1 unspecified atom stereocenters. The molecule has 0 fully saturated rings. The van der Waals surface area contributed by atoms with Crippen LogP contribution in [0.5, 0.6) is 5.75 Å². The van der Waals surface area contributed by atoms with Crippen LogP contribution >= 0.6 is 23.2 Å². The summed E-state index contributed by atoms with van der Waals surface area (Å²) in [5, 5.41) is 2.46. The van der Waals surface area contributed by atoms with Crippen LogP contribution in [0.1, 0.15) is 44.7 Å². The van der Waals surface area contributed by atoms with Gasteiger partial charge in [-0.2, -0.15) is 0 Å². The maximum absolute atomic E-state index is 12.5. The predicted octanol–water partition coefficient (Wildman–Crippen LogP) is 3.90. The molecule has 214 valence electrons. The zero-order valence-electron chi connectivity index (χ0n) is 22.7. The molecule has 2 aromatic carbocycles. The van der Waals surface area contributed by atoms with E-state index in [1.165, 1.54) is 7.05 Å². The summed E-state index contributed by atoms with van der Waals surface area (Å²) in [5.41, 5.74) is 7.10. The fourth-order valence-corrected chi connectivity index (χ4v) is 3.09. The molecule has 0 heterocycles. The van der Waals surface area contributed by atoms with E-state index < -0.39 is 23.8 Å². The van der Waals surface area contributed by atoms with Gasteiger partial charge in [0.2, 0.25) is 5.91 Å². The molecule has 9 nitrogen and oxygen atoms in total. The van der Waals surface area contributed by atoms with Crippen molar-refractivity contribution < 1.29 is 28.7 Å². The van der Waals surface area contributed by atoms with Crippen molar-refractivity contribution in [3.8, 4) is 5.75 Å². The van der Waals surface area contributed by atoms with Gasteiger partial charge >= 0.3 is 5.97 Å². The van der Waals surface area contributed by atoms with Gasteiger partial charge in [0, 0.05) is 19.4 Å². The number of Topliss-reactive ketones (excluding diaryl/α,β-unsaturated/α-hetero) is 1. The number of carbonyl (C=O) groups excluding carboxylic acids is 4. The van der Waals surface area contributed by atoms with Crippen molar-refractivity contribution in [1.82, 2.24) is 16.2 Å². The minimum absolute atomic E-state index is 0.0220. The van der Waals surface area contributed by atoms with Crippen molar-refractivity contribution in [3.63, 3.8) is 0 Å². The Balaban J connectivity index is 0.00000177. The van der Waals surface area contributed by atoms with Gasteiger partial charge < -0.3 is 14.8 Å². The van der Waals surface area contributed by atoms with Gasteiger partial charge in [-0.05, 0) is 36.6 Å². The summed E-state index contributed by atoms with van der Waals surface area (Å²) >= 11 is 10.1. The molecular formula is C28H37Cl2N3O6. The summed E-state index contributed by atoms with van der Waals surface area (Å²) in [6.07, 6.45) is 0.676. The Labute approximate surface area is 239 Å². The topological polar surface area (TPSA) is 123 Å². The normalized spacial score (nSPS) is 11.9.